The lowest BCUT2D eigenvalue weighted by molar-refractivity contribution is 0.616. The minimum atomic E-state index is -0.175. The van der Waals surface area contributed by atoms with Gasteiger partial charge in [-0.2, -0.15) is 5.10 Å². The van der Waals surface area contributed by atoms with Crippen LogP contribution in [0.4, 0.5) is 10.1 Å². The fraction of sp³-hybridized carbons (Fsp3) is 0.250. The number of hydrogen-bond acceptors (Lipinski definition) is 3. The van der Waals surface area contributed by atoms with Crippen molar-refractivity contribution in [1.82, 2.24) is 14.8 Å². The fourth-order valence-corrected chi connectivity index (χ4v) is 2.36. The number of nitrogens with zero attached hydrogens (tertiary/aromatic N) is 3. The molecule has 0 bridgehead atoms. The fourth-order valence-electron chi connectivity index (χ4n) is 2.36. The Hall–Kier alpha value is -2.43. The van der Waals surface area contributed by atoms with E-state index in [1.54, 1.807) is 29.9 Å². The zero-order valence-corrected chi connectivity index (χ0v) is 12.3. The van der Waals surface area contributed by atoms with E-state index < -0.39 is 0 Å². The third-order valence-corrected chi connectivity index (χ3v) is 3.60. The van der Waals surface area contributed by atoms with Gasteiger partial charge in [-0.05, 0) is 37.1 Å². The Morgan fingerprint density at radius 2 is 2.05 bits per heavy atom. The van der Waals surface area contributed by atoms with Crippen LogP contribution in [0.2, 0.25) is 0 Å². The van der Waals surface area contributed by atoms with Crippen LogP contribution in [0.1, 0.15) is 16.8 Å². The molecule has 0 radical (unpaired) electrons. The first-order chi connectivity index (χ1) is 10.0. The van der Waals surface area contributed by atoms with E-state index in [2.05, 4.69) is 15.4 Å². The third kappa shape index (κ3) is 2.59. The average Bonchev–Trinajstić information content (AvgIpc) is 2.75. The van der Waals surface area contributed by atoms with Gasteiger partial charge in [0.25, 0.3) is 0 Å². The second-order valence-corrected chi connectivity index (χ2v) is 5.24. The van der Waals surface area contributed by atoms with E-state index in [9.17, 15) is 4.39 Å². The van der Waals surface area contributed by atoms with Crippen molar-refractivity contribution < 1.29 is 4.39 Å². The number of rotatable bonds is 3. The Morgan fingerprint density at radius 3 is 2.81 bits per heavy atom. The number of benzene rings is 1. The second kappa shape index (κ2) is 5.16. The quantitative estimate of drug-likeness (QED) is 0.802. The minimum absolute atomic E-state index is 0.175. The molecule has 0 saturated carbocycles. The van der Waals surface area contributed by atoms with Gasteiger partial charge in [-0.1, -0.05) is 12.1 Å². The van der Waals surface area contributed by atoms with Gasteiger partial charge in [-0.25, -0.2) is 9.37 Å². The molecule has 3 aromatic rings. The van der Waals surface area contributed by atoms with Gasteiger partial charge in [0.1, 0.15) is 5.82 Å². The molecule has 0 aliphatic carbocycles. The van der Waals surface area contributed by atoms with Crippen LogP contribution in [-0.2, 0) is 13.6 Å². The number of fused-ring (bicyclic) bond motifs is 1. The summed E-state index contributed by atoms with van der Waals surface area (Å²) in [6.07, 6.45) is 1.77. The molecular formula is C16H17FN4. The zero-order valence-electron chi connectivity index (χ0n) is 12.3. The number of anilines is 1. The Labute approximate surface area is 122 Å². The van der Waals surface area contributed by atoms with E-state index in [0.717, 1.165) is 28.0 Å². The minimum Gasteiger partial charge on any atom is -0.380 e. The first-order valence-electron chi connectivity index (χ1n) is 6.83. The van der Waals surface area contributed by atoms with E-state index in [-0.39, 0.29) is 5.82 Å². The molecule has 108 valence electrons. The summed E-state index contributed by atoms with van der Waals surface area (Å²) in [4.78, 5) is 4.41. The highest BCUT2D eigenvalue weighted by Crippen LogP contribution is 2.20. The molecule has 0 amide bonds. The molecule has 5 heteroatoms. The van der Waals surface area contributed by atoms with Crippen LogP contribution in [0.5, 0.6) is 0 Å². The molecule has 2 heterocycles. The van der Waals surface area contributed by atoms with E-state index in [1.165, 1.54) is 0 Å². The predicted molar refractivity (Wildman–Crippen MR) is 81.7 cm³/mol. The third-order valence-electron chi connectivity index (χ3n) is 3.60. The molecule has 0 fully saturated rings. The van der Waals surface area contributed by atoms with Crippen LogP contribution >= 0.6 is 0 Å². The van der Waals surface area contributed by atoms with Crippen molar-refractivity contribution in [2.24, 2.45) is 7.05 Å². The first kappa shape index (κ1) is 13.5. The maximum atomic E-state index is 13.5. The van der Waals surface area contributed by atoms with Crippen molar-refractivity contribution >= 4 is 16.7 Å². The smallest absolute Gasteiger partial charge is 0.157 e. The van der Waals surface area contributed by atoms with Crippen LogP contribution in [0.3, 0.4) is 0 Å². The number of aromatic nitrogens is 3. The average molecular weight is 284 g/mol. The molecule has 4 nitrogen and oxygen atoms in total. The van der Waals surface area contributed by atoms with Crippen molar-refractivity contribution in [3.05, 3.63) is 53.1 Å². The van der Waals surface area contributed by atoms with Crippen LogP contribution in [0.15, 0.2) is 30.5 Å². The standard InChI is InChI=1S/C16H17FN4/c1-10-4-5-12(6-15(10)17)8-18-13-7-14-11(2)20-21(3)16(14)19-9-13/h4-7,9,18H,8H2,1-3H3. The maximum Gasteiger partial charge on any atom is 0.157 e. The van der Waals surface area contributed by atoms with Gasteiger partial charge in [0.05, 0.1) is 17.6 Å². The van der Waals surface area contributed by atoms with Crippen LogP contribution in [0.25, 0.3) is 11.0 Å². The van der Waals surface area contributed by atoms with Crippen molar-refractivity contribution in [2.45, 2.75) is 20.4 Å². The maximum absolute atomic E-state index is 13.5. The molecule has 2 aromatic heterocycles. The summed E-state index contributed by atoms with van der Waals surface area (Å²) >= 11 is 0. The summed E-state index contributed by atoms with van der Waals surface area (Å²) in [5, 5.41) is 8.64. The molecule has 0 saturated heterocycles. The van der Waals surface area contributed by atoms with Crippen LogP contribution < -0.4 is 5.32 Å². The SMILES string of the molecule is Cc1ccc(CNc2cnc3c(c2)c(C)nn3C)cc1F. The summed E-state index contributed by atoms with van der Waals surface area (Å²) in [5.74, 6) is -0.175. The highest BCUT2D eigenvalue weighted by Gasteiger charge is 2.07. The largest absolute Gasteiger partial charge is 0.380 e. The van der Waals surface area contributed by atoms with Gasteiger partial charge in [0.15, 0.2) is 5.65 Å². The van der Waals surface area contributed by atoms with E-state index >= 15 is 0 Å². The molecule has 3 rings (SSSR count). The Kier molecular flexibility index (Phi) is 3.33. The monoisotopic (exact) mass is 284 g/mol. The molecule has 1 aromatic carbocycles. The van der Waals surface area contributed by atoms with Crippen LogP contribution in [0, 0.1) is 19.7 Å². The Morgan fingerprint density at radius 1 is 1.24 bits per heavy atom. The predicted octanol–water partition coefficient (Wildman–Crippen LogP) is 3.34. The molecule has 0 spiro atoms. The van der Waals surface area contributed by atoms with Gasteiger partial charge in [0.2, 0.25) is 0 Å². The molecule has 0 unspecified atom stereocenters. The summed E-state index contributed by atoms with van der Waals surface area (Å²) in [7, 11) is 1.88. The lowest BCUT2D eigenvalue weighted by Crippen LogP contribution is -2.01. The van der Waals surface area contributed by atoms with Gasteiger partial charge in [-0.15, -0.1) is 0 Å². The van der Waals surface area contributed by atoms with Crippen molar-refractivity contribution in [2.75, 3.05) is 5.32 Å². The van der Waals surface area contributed by atoms with E-state index in [0.29, 0.717) is 12.1 Å². The molecular weight excluding hydrogens is 267 g/mol. The van der Waals surface area contributed by atoms with Gasteiger partial charge >= 0.3 is 0 Å². The van der Waals surface area contributed by atoms with Gasteiger partial charge < -0.3 is 5.32 Å². The van der Waals surface area contributed by atoms with Crippen LogP contribution in [-0.4, -0.2) is 14.8 Å². The highest BCUT2D eigenvalue weighted by molar-refractivity contribution is 5.81. The highest BCUT2D eigenvalue weighted by atomic mass is 19.1. The lowest BCUT2D eigenvalue weighted by Gasteiger charge is -2.07. The van der Waals surface area contributed by atoms with Gasteiger partial charge in [0, 0.05) is 19.0 Å². The second-order valence-electron chi connectivity index (χ2n) is 5.24. The van der Waals surface area contributed by atoms with E-state index in [1.807, 2.05) is 26.1 Å². The molecule has 0 atom stereocenters. The Balaban J connectivity index is 1.81. The summed E-state index contributed by atoms with van der Waals surface area (Å²) < 4.78 is 15.3. The topological polar surface area (TPSA) is 42.7 Å². The number of halogens is 1. The number of nitrogens with one attached hydrogen (secondary N) is 1. The first-order valence-corrected chi connectivity index (χ1v) is 6.83. The van der Waals surface area contributed by atoms with Crippen molar-refractivity contribution in [1.29, 1.82) is 0 Å². The molecule has 21 heavy (non-hydrogen) atoms. The summed E-state index contributed by atoms with van der Waals surface area (Å²) in [6, 6.07) is 7.30. The van der Waals surface area contributed by atoms with Crippen molar-refractivity contribution in [3.8, 4) is 0 Å². The van der Waals surface area contributed by atoms with Gasteiger partial charge in [-0.3, -0.25) is 4.68 Å². The number of pyridine rings is 1. The lowest BCUT2D eigenvalue weighted by atomic mass is 10.1. The molecule has 0 aliphatic rings. The molecule has 0 aliphatic heterocycles. The zero-order chi connectivity index (χ0) is 15.0. The number of hydrogen-bond donors (Lipinski definition) is 1. The number of aryl methyl sites for hydroxylation is 3. The molecule has 1 N–H and O–H groups in total. The van der Waals surface area contributed by atoms with Crippen molar-refractivity contribution in [3.63, 3.8) is 0 Å². The van der Waals surface area contributed by atoms with E-state index in [4.69, 9.17) is 0 Å². The normalized spacial score (nSPS) is 11.0. The summed E-state index contributed by atoms with van der Waals surface area (Å²) in [5.41, 5.74) is 4.28. The summed E-state index contributed by atoms with van der Waals surface area (Å²) in [6.45, 7) is 4.28. The Bertz CT molecular complexity index is 807.